The van der Waals surface area contributed by atoms with Gasteiger partial charge in [0, 0.05) is 32.6 Å². The Labute approximate surface area is 153 Å². The fraction of sp³-hybridized carbons (Fsp3) is 0.526. The molecule has 1 aromatic rings. The van der Waals surface area contributed by atoms with Gasteiger partial charge in [-0.2, -0.15) is 0 Å². The van der Waals surface area contributed by atoms with Crippen LogP contribution >= 0.6 is 0 Å². The molecule has 0 radical (unpaired) electrons. The molecule has 7 nitrogen and oxygen atoms in total. The van der Waals surface area contributed by atoms with Gasteiger partial charge in [0.15, 0.2) is 6.61 Å². The number of amides is 2. The second kappa shape index (κ2) is 9.79. The largest absolute Gasteiger partial charge is 0.484 e. The number of carbonyl (C=O) groups excluding carboxylic acids is 3. The molecule has 1 heterocycles. The average molecular weight is 362 g/mol. The number of rotatable bonds is 7. The van der Waals surface area contributed by atoms with Crippen molar-refractivity contribution < 1.29 is 23.9 Å². The molecule has 1 fully saturated rings. The van der Waals surface area contributed by atoms with Crippen molar-refractivity contribution in [1.29, 1.82) is 0 Å². The van der Waals surface area contributed by atoms with Crippen molar-refractivity contribution in [1.82, 2.24) is 9.80 Å². The van der Waals surface area contributed by atoms with Gasteiger partial charge >= 0.3 is 5.97 Å². The van der Waals surface area contributed by atoms with E-state index < -0.39 is 0 Å². The minimum absolute atomic E-state index is 0.0140. The standard InChI is InChI=1S/C19H26N2O5/c1-3-25-19(24)9-8-17(22)20-10-12-21(13-11-20)18(23)14-26-16-6-4-15(2)5-7-16/h4-7H,3,8-14H2,1-2H3. The molecule has 0 aliphatic carbocycles. The van der Waals surface area contributed by atoms with Crippen LogP contribution in [0.15, 0.2) is 24.3 Å². The van der Waals surface area contributed by atoms with Gasteiger partial charge in [-0.15, -0.1) is 0 Å². The third-order valence-electron chi connectivity index (χ3n) is 4.22. The second-order valence-electron chi connectivity index (χ2n) is 6.17. The molecule has 7 heteroatoms. The van der Waals surface area contributed by atoms with Crippen LogP contribution < -0.4 is 4.74 Å². The third-order valence-corrected chi connectivity index (χ3v) is 4.22. The molecule has 0 saturated carbocycles. The topological polar surface area (TPSA) is 76.2 Å². The summed E-state index contributed by atoms with van der Waals surface area (Å²) in [5.41, 5.74) is 1.13. The maximum atomic E-state index is 12.2. The van der Waals surface area contributed by atoms with Crippen molar-refractivity contribution in [3.05, 3.63) is 29.8 Å². The summed E-state index contributed by atoms with van der Waals surface area (Å²) < 4.78 is 10.3. The Hall–Kier alpha value is -2.57. The van der Waals surface area contributed by atoms with Crippen LogP contribution in [0.3, 0.4) is 0 Å². The van der Waals surface area contributed by atoms with Gasteiger partial charge in [-0.25, -0.2) is 0 Å². The molecule has 1 aliphatic heterocycles. The van der Waals surface area contributed by atoms with E-state index in [1.54, 1.807) is 16.7 Å². The zero-order valence-electron chi connectivity index (χ0n) is 15.4. The number of aryl methyl sites for hydroxylation is 1. The average Bonchev–Trinajstić information content (AvgIpc) is 2.66. The summed E-state index contributed by atoms with van der Waals surface area (Å²) in [7, 11) is 0. The minimum Gasteiger partial charge on any atom is -0.484 e. The zero-order chi connectivity index (χ0) is 18.9. The number of esters is 1. The number of hydrogen-bond donors (Lipinski definition) is 0. The first-order valence-corrected chi connectivity index (χ1v) is 8.90. The van der Waals surface area contributed by atoms with E-state index in [0.29, 0.717) is 38.5 Å². The Bertz CT molecular complexity index is 621. The van der Waals surface area contributed by atoms with Crippen molar-refractivity contribution in [2.75, 3.05) is 39.4 Å². The SMILES string of the molecule is CCOC(=O)CCC(=O)N1CCN(C(=O)COc2ccc(C)cc2)CC1. The molecule has 0 bridgehead atoms. The van der Waals surface area contributed by atoms with Crippen LogP contribution in [0.2, 0.25) is 0 Å². The Morgan fingerprint density at radius 1 is 0.923 bits per heavy atom. The number of carbonyl (C=O) groups is 3. The monoisotopic (exact) mass is 362 g/mol. The van der Waals surface area contributed by atoms with Crippen LogP contribution in [-0.2, 0) is 19.1 Å². The van der Waals surface area contributed by atoms with Gasteiger partial charge in [-0.05, 0) is 26.0 Å². The Morgan fingerprint density at radius 2 is 1.50 bits per heavy atom. The van der Waals surface area contributed by atoms with E-state index in [1.807, 2.05) is 31.2 Å². The summed E-state index contributed by atoms with van der Waals surface area (Å²) in [4.78, 5) is 39.1. The number of ether oxygens (including phenoxy) is 2. The first kappa shape index (κ1) is 19.8. The van der Waals surface area contributed by atoms with Gasteiger partial charge in [0.25, 0.3) is 5.91 Å². The Balaban J connectivity index is 1.69. The lowest BCUT2D eigenvalue weighted by molar-refractivity contribution is -0.146. The lowest BCUT2D eigenvalue weighted by Gasteiger charge is -2.34. The highest BCUT2D eigenvalue weighted by atomic mass is 16.5. The third kappa shape index (κ3) is 6.06. The molecule has 1 aliphatic rings. The first-order valence-electron chi connectivity index (χ1n) is 8.90. The van der Waals surface area contributed by atoms with Crippen molar-refractivity contribution in [2.45, 2.75) is 26.7 Å². The summed E-state index contributed by atoms with van der Waals surface area (Å²) in [5.74, 6) is 0.130. The molecule has 0 aromatic heterocycles. The minimum atomic E-state index is -0.358. The first-order chi connectivity index (χ1) is 12.5. The van der Waals surface area contributed by atoms with Gasteiger partial charge < -0.3 is 19.3 Å². The summed E-state index contributed by atoms with van der Waals surface area (Å²) in [5, 5.41) is 0. The molecule has 0 atom stereocenters. The van der Waals surface area contributed by atoms with Crippen molar-refractivity contribution in [3.8, 4) is 5.75 Å². The molecule has 0 N–H and O–H groups in total. The van der Waals surface area contributed by atoms with Crippen LogP contribution in [0.4, 0.5) is 0 Å². The summed E-state index contributed by atoms with van der Waals surface area (Å²) in [6.07, 6.45) is 0.236. The maximum absolute atomic E-state index is 12.2. The highest BCUT2D eigenvalue weighted by molar-refractivity contribution is 5.82. The van der Waals surface area contributed by atoms with E-state index >= 15 is 0 Å². The van der Waals surface area contributed by atoms with Crippen molar-refractivity contribution in [2.24, 2.45) is 0 Å². The number of hydrogen-bond acceptors (Lipinski definition) is 5. The zero-order valence-corrected chi connectivity index (χ0v) is 15.4. The molecular formula is C19H26N2O5. The Morgan fingerprint density at radius 3 is 2.08 bits per heavy atom. The molecule has 26 heavy (non-hydrogen) atoms. The molecule has 142 valence electrons. The fourth-order valence-corrected chi connectivity index (χ4v) is 2.68. The van der Waals surface area contributed by atoms with E-state index in [1.165, 1.54) is 0 Å². The molecule has 0 unspecified atom stereocenters. The van der Waals surface area contributed by atoms with Crippen LogP contribution in [0.1, 0.15) is 25.3 Å². The molecule has 1 saturated heterocycles. The van der Waals surface area contributed by atoms with Crippen LogP contribution in [0.5, 0.6) is 5.75 Å². The van der Waals surface area contributed by atoms with E-state index in [4.69, 9.17) is 9.47 Å². The highest BCUT2D eigenvalue weighted by Gasteiger charge is 2.24. The van der Waals surface area contributed by atoms with Gasteiger partial charge in [-0.3, -0.25) is 14.4 Å². The van der Waals surface area contributed by atoms with Crippen molar-refractivity contribution >= 4 is 17.8 Å². The molecule has 1 aromatic carbocycles. The maximum Gasteiger partial charge on any atom is 0.306 e. The van der Waals surface area contributed by atoms with E-state index in [2.05, 4.69) is 0 Å². The van der Waals surface area contributed by atoms with Crippen LogP contribution in [0, 0.1) is 6.92 Å². The van der Waals surface area contributed by atoms with Crippen molar-refractivity contribution in [3.63, 3.8) is 0 Å². The second-order valence-corrected chi connectivity index (χ2v) is 6.17. The number of nitrogens with zero attached hydrogens (tertiary/aromatic N) is 2. The highest BCUT2D eigenvalue weighted by Crippen LogP contribution is 2.12. The number of benzene rings is 1. The lowest BCUT2D eigenvalue weighted by atomic mass is 10.2. The van der Waals surface area contributed by atoms with Gasteiger partial charge in [-0.1, -0.05) is 17.7 Å². The van der Waals surface area contributed by atoms with Gasteiger partial charge in [0.2, 0.25) is 5.91 Å². The van der Waals surface area contributed by atoms with Crippen LogP contribution in [0.25, 0.3) is 0 Å². The molecule has 2 rings (SSSR count). The van der Waals surface area contributed by atoms with E-state index in [9.17, 15) is 14.4 Å². The summed E-state index contributed by atoms with van der Waals surface area (Å²) >= 11 is 0. The normalized spacial score (nSPS) is 14.1. The molecule has 0 spiro atoms. The smallest absolute Gasteiger partial charge is 0.306 e. The van der Waals surface area contributed by atoms with E-state index in [-0.39, 0.29) is 37.2 Å². The molecular weight excluding hydrogens is 336 g/mol. The quantitative estimate of drug-likeness (QED) is 0.685. The van der Waals surface area contributed by atoms with Gasteiger partial charge in [0.05, 0.1) is 13.0 Å². The van der Waals surface area contributed by atoms with Gasteiger partial charge in [0.1, 0.15) is 5.75 Å². The predicted molar refractivity (Wildman–Crippen MR) is 95.7 cm³/mol. The lowest BCUT2D eigenvalue weighted by Crippen LogP contribution is -2.51. The Kier molecular flexibility index (Phi) is 7.44. The number of piperazine rings is 1. The predicted octanol–water partition coefficient (Wildman–Crippen LogP) is 1.39. The molecule has 2 amide bonds. The van der Waals surface area contributed by atoms with Crippen LogP contribution in [-0.4, -0.2) is 67.0 Å². The fourth-order valence-electron chi connectivity index (χ4n) is 2.68. The van der Waals surface area contributed by atoms with E-state index in [0.717, 1.165) is 5.56 Å². The summed E-state index contributed by atoms with van der Waals surface area (Å²) in [6.45, 7) is 5.91. The summed E-state index contributed by atoms with van der Waals surface area (Å²) in [6, 6.07) is 7.53.